The smallest absolute Gasteiger partial charge is 0.349 e. The fourth-order valence-corrected chi connectivity index (χ4v) is 3.38. The van der Waals surface area contributed by atoms with Gasteiger partial charge < -0.3 is 13.7 Å². The zero-order chi connectivity index (χ0) is 21.1. The van der Waals surface area contributed by atoms with E-state index in [4.69, 9.17) is 16.3 Å². The van der Waals surface area contributed by atoms with Gasteiger partial charge in [-0.25, -0.2) is 9.78 Å². The number of fused-ring (bicyclic) bond motifs is 1. The highest BCUT2D eigenvalue weighted by molar-refractivity contribution is 6.30. The van der Waals surface area contributed by atoms with Gasteiger partial charge in [-0.3, -0.25) is 0 Å². The number of hydrogen-bond acceptors (Lipinski definition) is 4. The molecular formula is C22H23ClN4O2. The van der Waals surface area contributed by atoms with Crippen molar-refractivity contribution in [3.8, 4) is 6.07 Å². The van der Waals surface area contributed by atoms with Gasteiger partial charge in [0.1, 0.15) is 23.9 Å². The summed E-state index contributed by atoms with van der Waals surface area (Å²) in [7, 11) is 0. The van der Waals surface area contributed by atoms with E-state index in [9.17, 15) is 10.1 Å². The van der Waals surface area contributed by atoms with Gasteiger partial charge >= 0.3 is 5.97 Å². The number of ether oxygens (including phenoxy) is 1. The van der Waals surface area contributed by atoms with Crippen LogP contribution in [0, 0.1) is 31.1 Å². The molecular weight excluding hydrogens is 388 g/mol. The third kappa shape index (κ3) is 4.69. The monoisotopic (exact) mass is 410 g/mol. The SMILES string of the molecule is Cc1cc(/C=C(\C#N)C(=O)OCc2cn3cc(Cl)ccc3n2)c(C)n1CC(C)C. The van der Waals surface area contributed by atoms with Crippen molar-refractivity contribution in [1.82, 2.24) is 14.0 Å². The van der Waals surface area contributed by atoms with Crippen molar-refractivity contribution < 1.29 is 9.53 Å². The molecule has 0 aliphatic carbocycles. The minimum atomic E-state index is -0.670. The summed E-state index contributed by atoms with van der Waals surface area (Å²) in [6.45, 7) is 9.18. The van der Waals surface area contributed by atoms with Gasteiger partial charge in [-0.1, -0.05) is 25.4 Å². The van der Waals surface area contributed by atoms with Crippen LogP contribution in [0.3, 0.4) is 0 Å². The Bertz CT molecular complexity index is 1130. The second-order valence-corrected chi connectivity index (χ2v) is 7.86. The Morgan fingerprint density at radius 1 is 1.34 bits per heavy atom. The van der Waals surface area contributed by atoms with Crippen molar-refractivity contribution in [2.45, 2.75) is 40.8 Å². The van der Waals surface area contributed by atoms with Crippen molar-refractivity contribution >= 4 is 29.3 Å². The van der Waals surface area contributed by atoms with E-state index >= 15 is 0 Å². The fraction of sp³-hybridized carbons (Fsp3) is 0.318. The number of imidazole rings is 1. The highest BCUT2D eigenvalue weighted by Crippen LogP contribution is 2.20. The lowest BCUT2D eigenvalue weighted by molar-refractivity contribution is -0.139. The van der Waals surface area contributed by atoms with Crippen molar-refractivity contribution in [2.75, 3.05) is 0 Å². The summed E-state index contributed by atoms with van der Waals surface area (Å²) in [4.78, 5) is 16.8. The average Bonchev–Trinajstić information content (AvgIpc) is 3.18. The molecule has 0 atom stereocenters. The number of nitrogens with zero attached hydrogens (tertiary/aromatic N) is 4. The van der Waals surface area contributed by atoms with Crippen molar-refractivity contribution in [3.05, 3.63) is 63.8 Å². The molecule has 0 fully saturated rings. The Balaban J connectivity index is 1.75. The predicted octanol–water partition coefficient (Wildman–Crippen LogP) is 4.71. The van der Waals surface area contributed by atoms with Crippen LogP contribution >= 0.6 is 11.6 Å². The van der Waals surface area contributed by atoms with Gasteiger partial charge in [0.25, 0.3) is 0 Å². The maximum absolute atomic E-state index is 12.4. The molecule has 3 heterocycles. The minimum Gasteiger partial charge on any atom is -0.455 e. The summed E-state index contributed by atoms with van der Waals surface area (Å²) < 4.78 is 9.26. The van der Waals surface area contributed by atoms with Crippen LogP contribution in [0.25, 0.3) is 11.7 Å². The molecule has 29 heavy (non-hydrogen) atoms. The summed E-state index contributed by atoms with van der Waals surface area (Å²) in [5, 5.41) is 10.0. The van der Waals surface area contributed by atoms with Gasteiger partial charge in [-0.15, -0.1) is 0 Å². The number of rotatable bonds is 6. The molecule has 3 aromatic rings. The van der Waals surface area contributed by atoms with Crippen molar-refractivity contribution in [1.29, 1.82) is 5.26 Å². The number of pyridine rings is 1. The Morgan fingerprint density at radius 3 is 2.79 bits per heavy atom. The van der Waals surface area contributed by atoms with Crippen LogP contribution in [-0.4, -0.2) is 19.9 Å². The summed E-state index contributed by atoms with van der Waals surface area (Å²) in [6.07, 6.45) is 5.05. The van der Waals surface area contributed by atoms with Crippen LogP contribution in [0.5, 0.6) is 0 Å². The maximum Gasteiger partial charge on any atom is 0.349 e. The Hall–Kier alpha value is -3.04. The van der Waals surface area contributed by atoms with E-state index in [1.165, 1.54) is 0 Å². The van der Waals surface area contributed by atoms with Crippen LogP contribution < -0.4 is 0 Å². The lowest BCUT2D eigenvalue weighted by Gasteiger charge is -2.12. The van der Waals surface area contributed by atoms with Crippen LogP contribution in [0.4, 0.5) is 0 Å². The molecule has 0 saturated heterocycles. The molecule has 0 aromatic carbocycles. The molecule has 0 N–H and O–H groups in total. The standard InChI is InChI=1S/C22H23ClN4O2/c1-14(2)10-27-15(3)7-17(16(27)4)8-18(9-24)22(28)29-13-20-12-26-11-19(23)5-6-21(26)25-20/h5-8,11-12,14H,10,13H2,1-4H3/b18-8+. The van der Waals surface area contributed by atoms with E-state index < -0.39 is 5.97 Å². The first-order valence-electron chi connectivity index (χ1n) is 9.37. The molecule has 3 aromatic heterocycles. The topological polar surface area (TPSA) is 72.3 Å². The highest BCUT2D eigenvalue weighted by atomic mass is 35.5. The molecule has 7 heteroatoms. The summed E-state index contributed by atoms with van der Waals surface area (Å²) in [6, 6.07) is 7.45. The van der Waals surface area contributed by atoms with E-state index in [0.717, 1.165) is 23.5 Å². The van der Waals surface area contributed by atoms with E-state index in [1.54, 1.807) is 35.0 Å². The first-order chi connectivity index (χ1) is 13.8. The predicted molar refractivity (Wildman–Crippen MR) is 112 cm³/mol. The van der Waals surface area contributed by atoms with Gasteiger partial charge in [0.15, 0.2) is 0 Å². The second-order valence-electron chi connectivity index (χ2n) is 7.42. The number of nitriles is 1. The molecule has 0 radical (unpaired) electrons. The van der Waals surface area contributed by atoms with Crippen LogP contribution in [-0.2, 0) is 22.7 Å². The lowest BCUT2D eigenvalue weighted by Crippen LogP contribution is -2.08. The maximum atomic E-state index is 12.4. The largest absolute Gasteiger partial charge is 0.455 e. The van der Waals surface area contributed by atoms with Gasteiger partial charge in [-0.05, 0) is 49.6 Å². The Kier molecular flexibility index (Phi) is 6.09. The first kappa shape index (κ1) is 20.7. The third-order valence-electron chi connectivity index (χ3n) is 4.62. The van der Waals surface area contributed by atoms with E-state index in [-0.39, 0.29) is 12.2 Å². The first-order valence-corrected chi connectivity index (χ1v) is 9.75. The number of halogens is 1. The summed E-state index contributed by atoms with van der Waals surface area (Å²) in [5.41, 5.74) is 4.20. The summed E-state index contributed by atoms with van der Waals surface area (Å²) >= 11 is 5.97. The van der Waals surface area contributed by atoms with Crippen molar-refractivity contribution in [2.24, 2.45) is 5.92 Å². The number of aromatic nitrogens is 3. The Morgan fingerprint density at radius 2 is 2.10 bits per heavy atom. The van der Waals surface area contributed by atoms with Crippen LogP contribution in [0.1, 0.15) is 36.5 Å². The fourth-order valence-electron chi connectivity index (χ4n) is 3.22. The van der Waals surface area contributed by atoms with Gasteiger partial charge in [0, 0.05) is 30.3 Å². The molecule has 0 unspecified atom stereocenters. The van der Waals surface area contributed by atoms with E-state index in [2.05, 4.69) is 23.4 Å². The number of esters is 1. The number of aryl methyl sites for hydroxylation is 1. The minimum absolute atomic E-state index is 0.0243. The lowest BCUT2D eigenvalue weighted by atomic mass is 10.1. The summed E-state index contributed by atoms with van der Waals surface area (Å²) in [5.74, 6) is -0.173. The molecule has 0 spiro atoms. The molecule has 0 amide bonds. The molecule has 0 aliphatic rings. The Labute approximate surface area is 175 Å². The van der Waals surface area contributed by atoms with Gasteiger partial charge in [-0.2, -0.15) is 5.26 Å². The van der Waals surface area contributed by atoms with Crippen molar-refractivity contribution in [3.63, 3.8) is 0 Å². The van der Waals surface area contributed by atoms with Crippen LogP contribution in [0.15, 0.2) is 36.2 Å². The van der Waals surface area contributed by atoms with E-state index in [1.807, 2.05) is 26.0 Å². The second kappa shape index (κ2) is 8.54. The number of hydrogen-bond donors (Lipinski definition) is 0. The van der Waals surface area contributed by atoms with Gasteiger partial charge in [0.2, 0.25) is 0 Å². The quantitative estimate of drug-likeness (QED) is 0.335. The molecule has 3 rings (SSSR count). The molecule has 0 bridgehead atoms. The molecule has 0 saturated carbocycles. The molecule has 150 valence electrons. The van der Waals surface area contributed by atoms with Crippen LogP contribution in [0.2, 0.25) is 5.02 Å². The third-order valence-corrected chi connectivity index (χ3v) is 4.84. The van der Waals surface area contributed by atoms with E-state index in [0.29, 0.717) is 22.3 Å². The zero-order valence-electron chi connectivity index (χ0n) is 16.9. The number of carbonyl (C=O) groups is 1. The average molecular weight is 411 g/mol. The number of carbonyl (C=O) groups excluding carboxylic acids is 1. The molecule has 0 aliphatic heterocycles. The highest BCUT2D eigenvalue weighted by Gasteiger charge is 2.15. The zero-order valence-corrected chi connectivity index (χ0v) is 17.7. The normalized spacial score (nSPS) is 11.8. The molecule has 6 nitrogen and oxygen atoms in total. The van der Waals surface area contributed by atoms with Gasteiger partial charge in [0.05, 0.1) is 10.7 Å².